The molecule has 6 rings (SSSR count). The van der Waals surface area contributed by atoms with Gasteiger partial charge in [0.1, 0.15) is 0 Å². The van der Waals surface area contributed by atoms with Gasteiger partial charge in [0, 0.05) is 37.1 Å². The first-order chi connectivity index (χ1) is 19.5. The van der Waals surface area contributed by atoms with Crippen molar-refractivity contribution in [3.05, 3.63) is 47.8 Å². The van der Waals surface area contributed by atoms with Crippen LogP contribution in [0.3, 0.4) is 0 Å². The molecule has 3 N–H and O–H groups in total. The number of amides is 1. The summed E-state index contributed by atoms with van der Waals surface area (Å²) in [4.78, 5) is 25.2. The summed E-state index contributed by atoms with van der Waals surface area (Å²) in [6.45, 7) is 5.15. The topological polar surface area (TPSA) is 109 Å². The van der Waals surface area contributed by atoms with Gasteiger partial charge in [0.2, 0.25) is 11.8 Å². The lowest BCUT2D eigenvalue weighted by Gasteiger charge is -2.25. The van der Waals surface area contributed by atoms with Crippen LogP contribution in [0.2, 0.25) is 0 Å². The second kappa shape index (κ2) is 11.3. The number of ether oxygens (including phenoxy) is 1. The summed E-state index contributed by atoms with van der Waals surface area (Å²) in [6, 6.07) is 9.94. The van der Waals surface area contributed by atoms with Gasteiger partial charge in [-0.25, -0.2) is 4.68 Å². The van der Waals surface area contributed by atoms with Crippen LogP contribution in [0.4, 0.5) is 17.1 Å². The molecule has 1 atom stereocenters. The lowest BCUT2D eigenvalue weighted by molar-refractivity contribution is 0.100. The molecule has 1 saturated carbocycles. The fraction of sp³-hybridized carbons (Fsp3) is 0.467. The number of fused-ring (bicyclic) bond motifs is 7. The summed E-state index contributed by atoms with van der Waals surface area (Å²) < 4.78 is 7.99. The Kier molecular flexibility index (Phi) is 7.42. The number of hydrogen-bond acceptors (Lipinski definition) is 8. The first-order valence-corrected chi connectivity index (χ1v) is 14.3. The minimum absolute atomic E-state index is 0.304. The highest BCUT2D eigenvalue weighted by Gasteiger charge is 2.36. The Hall–Kier alpha value is -3.92. The van der Waals surface area contributed by atoms with Gasteiger partial charge in [0.05, 0.1) is 35.4 Å². The van der Waals surface area contributed by atoms with Crippen molar-refractivity contribution in [2.75, 3.05) is 48.8 Å². The van der Waals surface area contributed by atoms with Crippen molar-refractivity contribution in [2.45, 2.75) is 39.0 Å². The molecule has 1 amide bonds. The zero-order valence-electron chi connectivity index (χ0n) is 23.5. The van der Waals surface area contributed by atoms with Gasteiger partial charge in [0.15, 0.2) is 0 Å². The molecule has 0 unspecified atom stereocenters. The van der Waals surface area contributed by atoms with E-state index >= 15 is 0 Å². The Balaban J connectivity index is 1.36. The Morgan fingerprint density at radius 3 is 2.83 bits per heavy atom. The largest absolute Gasteiger partial charge is 0.477 e. The van der Waals surface area contributed by atoms with E-state index in [0.29, 0.717) is 41.5 Å². The smallest absolute Gasteiger partial charge is 0.280 e. The van der Waals surface area contributed by atoms with Gasteiger partial charge in [-0.05, 0) is 94.8 Å². The van der Waals surface area contributed by atoms with Crippen LogP contribution in [0.1, 0.15) is 48.2 Å². The number of carbonyl (C=O) groups is 1. The molecule has 210 valence electrons. The molecule has 10 nitrogen and oxygen atoms in total. The monoisotopic (exact) mass is 542 g/mol. The number of anilines is 3. The third-order valence-electron chi connectivity index (χ3n) is 7.95. The van der Waals surface area contributed by atoms with Gasteiger partial charge in [0.25, 0.3) is 5.91 Å². The second-order valence-electron chi connectivity index (χ2n) is 11.0. The quantitative estimate of drug-likeness (QED) is 0.393. The molecule has 4 heterocycles. The summed E-state index contributed by atoms with van der Waals surface area (Å²) in [5, 5.41) is 14.6. The van der Waals surface area contributed by atoms with E-state index in [1.165, 1.54) is 12.8 Å². The number of aryl methyl sites for hydroxylation is 2. The number of carbonyl (C=O) groups excluding carboxylic acids is 1. The number of guanidine groups is 1. The maximum absolute atomic E-state index is 13.6. The molecular formula is C30H38N8O2. The van der Waals surface area contributed by atoms with E-state index in [0.717, 1.165) is 67.2 Å². The van der Waals surface area contributed by atoms with Gasteiger partial charge < -0.3 is 25.6 Å². The van der Waals surface area contributed by atoms with Crippen LogP contribution in [0.15, 0.2) is 41.5 Å². The maximum Gasteiger partial charge on any atom is 0.280 e. The van der Waals surface area contributed by atoms with Crippen LogP contribution in [0.5, 0.6) is 5.88 Å². The molecule has 0 spiro atoms. The standard InChI is InChI=1S/C30H38N8O2/c1-19-14-22-15-25(34-19)24-17-33-37(3)29(24)40-13-4-6-21(20-7-8-20)18-38-27-10-9-23(32-12-5-11-31-2)16-26(27)35-30(38)36-28(22)39/h9-10,14-17,20-21,31-32H,4-8,11-13,18H2,1-3H3,(H,35,36,39)/t21-/m1/s1. The Morgan fingerprint density at radius 2 is 2.00 bits per heavy atom. The number of rotatable bonds is 6. The first-order valence-electron chi connectivity index (χ1n) is 14.3. The highest BCUT2D eigenvalue weighted by Crippen LogP contribution is 2.43. The van der Waals surface area contributed by atoms with Crippen molar-refractivity contribution in [1.29, 1.82) is 0 Å². The van der Waals surface area contributed by atoms with Crippen LogP contribution in [0, 0.1) is 18.8 Å². The average Bonchev–Trinajstić information content (AvgIpc) is 3.65. The van der Waals surface area contributed by atoms with Crippen LogP contribution in [-0.4, -0.2) is 59.9 Å². The Morgan fingerprint density at radius 1 is 1.12 bits per heavy atom. The summed E-state index contributed by atoms with van der Waals surface area (Å²) in [5.74, 6) is 2.13. The Labute approximate surface area is 235 Å². The van der Waals surface area contributed by atoms with E-state index < -0.39 is 0 Å². The first kappa shape index (κ1) is 26.3. The maximum atomic E-state index is 13.6. The van der Waals surface area contributed by atoms with Crippen molar-refractivity contribution >= 4 is 28.9 Å². The molecule has 0 radical (unpaired) electrons. The molecular weight excluding hydrogens is 504 g/mol. The molecule has 1 aromatic carbocycles. The van der Waals surface area contributed by atoms with Gasteiger partial charge >= 0.3 is 0 Å². The van der Waals surface area contributed by atoms with Crippen molar-refractivity contribution in [1.82, 2.24) is 20.1 Å². The number of benzene rings is 1. The predicted octanol–water partition coefficient (Wildman–Crippen LogP) is 4.44. The van der Waals surface area contributed by atoms with E-state index in [1.54, 1.807) is 23.0 Å². The molecule has 2 aromatic heterocycles. The average molecular weight is 543 g/mol. The molecule has 40 heavy (non-hydrogen) atoms. The van der Waals surface area contributed by atoms with Crippen LogP contribution >= 0.6 is 0 Å². The van der Waals surface area contributed by atoms with Gasteiger partial charge in [-0.3, -0.25) is 9.78 Å². The molecule has 2 bridgehead atoms. The fourth-order valence-electron chi connectivity index (χ4n) is 5.71. The lowest BCUT2D eigenvalue weighted by atomic mass is 9.97. The van der Waals surface area contributed by atoms with E-state index in [4.69, 9.17) is 9.72 Å². The van der Waals surface area contributed by atoms with E-state index in [2.05, 4.69) is 49.1 Å². The van der Waals surface area contributed by atoms with Crippen LogP contribution in [0.25, 0.3) is 11.3 Å². The van der Waals surface area contributed by atoms with Crippen molar-refractivity contribution in [3.63, 3.8) is 0 Å². The van der Waals surface area contributed by atoms with Gasteiger partial charge in [-0.2, -0.15) is 10.1 Å². The molecule has 2 aliphatic heterocycles. The van der Waals surface area contributed by atoms with Gasteiger partial charge in [-0.1, -0.05) is 0 Å². The minimum atomic E-state index is -0.304. The third kappa shape index (κ3) is 5.54. The van der Waals surface area contributed by atoms with Crippen molar-refractivity contribution < 1.29 is 9.53 Å². The molecule has 3 aromatic rings. The summed E-state index contributed by atoms with van der Waals surface area (Å²) >= 11 is 0. The molecule has 0 saturated heterocycles. The number of aliphatic imine (C=N–C) groups is 1. The van der Waals surface area contributed by atoms with E-state index in [-0.39, 0.29) is 5.91 Å². The highest BCUT2D eigenvalue weighted by atomic mass is 16.5. The van der Waals surface area contributed by atoms with Crippen molar-refractivity contribution in [2.24, 2.45) is 23.9 Å². The number of nitrogens with zero attached hydrogens (tertiary/aromatic N) is 5. The molecule has 10 heteroatoms. The predicted molar refractivity (Wildman–Crippen MR) is 158 cm³/mol. The van der Waals surface area contributed by atoms with E-state index in [9.17, 15) is 4.79 Å². The summed E-state index contributed by atoms with van der Waals surface area (Å²) in [7, 11) is 3.84. The van der Waals surface area contributed by atoms with Gasteiger partial charge in [-0.15, -0.1) is 0 Å². The molecule has 3 aliphatic rings. The Bertz CT molecular complexity index is 1430. The number of aromatic nitrogens is 3. The highest BCUT2D eigenvalue weighted by molar-refractivity contribution is 6.19. The number of hydrogen-bond donors (Lipinski definition) is 3. The second-order valence-corrected chi connectivity index (χ2v) is 11.0. The number of nitrogens with one attached hydrogen (secondary N) is 3. The summed E-state index contributed by atoms with van der Waals surface area (Å²) in [6.07, 6.45) is 7.28. The van der Waals surface area contributed by atoms with Crippen LogP contribution < -0.4 is 25.6 Å². The normalized spacial score (nSPS) is 20.2. The molecule has 1 aliphatic carbocycles. The van der Waals surface area contributed by atoms with E-state index in [1.807, 2.05) is 21.0 Å². The third-order valence-corrected chi connectivity index (χ3v) is 7.95. The molecule has 1 fully saturated rings. The number of pyridine rings is 1. The zero-order chi connectivity index (χ0) is 27.6. The summed E-state index contributed by atoms with van der Waals surface area (Å²) in [5.41, 5.74) is 5.75. The van der Waals surface area contributed by atoms with Crippen LogP contribution in [-0.2, 0) is 7.05 Å². The SMILES string of the molecule is CNCCCNc1ccc2c(c1)N/C1=N\C(=O)c3cc(C)nc(c3)-c3cnn(C)c3OCCC[C@@H](C3CC3)CN12. The lowest BCUT2D eigenvalue weighted by Crippen LogP contribution is -2.36. The minimum Gasteiger partial charge on any atom is -0.477 e. The zero-order valence-corrected chi connectivity index (χ0v) is 23.5. The fourth-order valence-corrected chi connectivity index (χ4v) is 5.71. The van der Waals surface area contributed by atoms with Crippen molar-refractivity contribution in [3.8, 4) is 17.1 Å².